The number of aromatic nitrogens is 1. The number of hydrogen-bond donors (Lipinski definition) is 2. The van der Waals surface area contributed by atoms with Gasteiger partial charge in [0.05, 0.1) is 11.9 Å². The summed E-state index contributed by atoms with van der Waals surface area (Å²) in [4.78, 5) is 15.8. The maximum atomic E-state index is 12.4. The molecular weight excluding hydrogens is 398 g/mol. The molecule has 3 aromatic carbocycles. The predicted molar refractivity (Wildman–Crippen MR) is 130 cm³/mol. The number of benzene rings is 3. The molecule has 0 aliphatic carbocycles. The van der Waals surface area contributed by atoms with E-state index in [0.717, 1.165) is 44.6 Å². The number of hydrogen-bond acceptors (Lipinski definition) is 3. The van der Waals surface area contributed by atoms with Gasteiger partial charge in [0, 0.05) is 16.5 Å². The lowest BCUT2D eigenvalue weighted by atomic mass is 10.0. The van der Waals surface area contributed by atoms with E-state index in [4.69, 9.17) is 4.74 Å². The highest BCUT2D eigenvalue weighted by Crippen LogP contribution is 2.29. The molecule has 4 rings (SSSR count). The average molecular weight is 426 g/mol. The summed E-state index contributed by atoms with van der Waals surface area (Å²) in [5.41, 5.74) is 8.72. The summed E-state index contributed by atoms with van der Waals surface area (Å²) in [7, 11) is 0. The third-order valence-corrected chi connectivity index (χ3v) is 5.34. The molecule has 162 valence electrons. The molecule has 0 aliphatic rings. The van der Waals surface area contributed by atoms with E-state index in [1.807, 2.05) is 73.7 Å². The van der Waals surface area contributed by atoms with Gasteiger partial charge in [-0.05, 0) is 41.7 Å². The molecule has 5 nitrogen and oxygen atoms in total. The van der Waals surface area contributed by atoms with Crippen LogP contribution < -0.4 is 10.2 Å². The first-order valence-electron chi connectivity index (χ1n) is 10.7. The molecule has 32 heavy (non-hydrogen) atoms. The van der Waals surface area contributed by atoms with Crippen LogP contribution in [0.2, 0.25) is 0 Å². The van der Waals surface area contributed by atoms with E-state index in [9.17, 15) is 4.79 Å². The van der Waals surface area contributed by atoms with Crippen LogP contribution in [0.4, 0.5) is 0 Å². The van der Waals surface area contributed by atoms with Crippen LogP contribution >= 0.6 is 0 Å². The van der Waals surface area contributed by atoms with Gasteiger partial charge in [0.2, 0.25) is 0 Å². The summed E-state index contributed by atoms with van der Waals surface area (Å²) in [6.45, 7) is 6.12. The smallest absolute Gasteiger partial charge is 0.277 e. The minimum atomic E-state index is -0.307. The Bertz CT molecular complexity index is 1260. The van der Waals surface area contributed by atoms with Gasteiger partial charge in [-0.15, -0.1) is 0 Å². The average Bonchev–Trinajstić information content (AvgIpc) is 3.17. The lowest BCUT2D eigenvalue weighted by Gasteiger charge is -2.14. The third-order valence-electron chi connectivity index (χ3n) is 5.34. The molecule has 4 aromatic rings. The van der Waals surface area contributed by atoms with Gasteiger partial charge in [-0.3, -0.25) is 4.79 Å². The maximum absolute atomic E-state index is 12.4. The normalized spacial score (nSPS) is 11.4. The van der Waals surface area contributed by atoms with Crippen molar-refractivity contribution in [3.05, 3.63) is 89.5 Å². The largest absolute Gasteiger partial charge is 0.483 e. The van der Waals surface area contributed by atoms with Gasteiger partial charge in [-0.1, -0.05) is 74.5 Å². The molecule has 0 fully saturated rings. The fourth-order valence-corrected chi connectivity index (χ4v) is 3.72. The van der Waals surface area contributed by atoms with E-state index in [0.29, 0.717) is 5.92 Å². The molecule has 1 heterocycles. The summed E-state index contributed by atoms with van der Waals surface area (Å²) in [6.07, 6.45) is 1.69. The zero-order valence-corrected chi connectivity index (χ0v) is 18.6. The van der Waals surface area contributed by atoms with Crippen molar-refractivity contribution >= 4 is 23.0 Å². The number of carbonyl (C=O) groups is 1. The van der Waals surface area contributed by atoms with Gasteiger partial charge >= 0.3 is 0 Å². The van der Waals surface area contributed by atoms with E-state index in [-0.39, 0.29) is 12.5 Å². The summed E-state index contributed by atoms with van der Waals surface area (Å²) in [5.74, 6) is 0.741. The minimum Gasteiger partial charge on any atom is -0.483 e. The molecule has 1 amide bonds. The molecule has 0 saturated carbocycles. The number of fused-ring (bicyclic) bond motifs is 1. The Morgan fingerprint density at radius 2 is 1.81 bits per heavy atom. The Balaban J connectivity index is 1.49. The van der Waals surface area contributed by atoms with Crippen molar-refractivity contribution in [3.8, 4) is 17.0 Å². The van der Waals surface area contributed by atoms with Gasteiger partial charge in [0.15, 0.2) is 6.61 Å². The van der Waals surface area contributed by atoms with Crippen LogP contribution in [-0.2, 0) is 4.79 Å². The molecule has 0 unspecified atom stereocenters. The van der Waals surface area contributed by atoms with Crippen LogP contribution in [0.25, 0.3) is 22.2 Å². The van der Waals surface area contributed by atoms with E-state index in [1.165, 1.54) is 0 Å². The zero-order valence-electron chi connectivity index (χ0n) is 18.6. The number of hydrazone groups is 1. The van der Waals surface area contributed by atoms with Gasteiger partial charge in [0.1, 0.15) is 5.75 Å². The summed E-state index contributed by atoms with van der Waals surface area (Å²) >= 11 is 0. The molecule has 1 aromatic heterocycles. The number of nitrogens with zero attached hydrogens (tertiary/aromatic N) is 1. The molecule has 0 bridgehead atoms. The number of nitrogens with one attached hydrogen (secondary N) is 2. The first-order chi connectivity index (χ1) is 15.5. The maximum Gasteiger partial charge on any atom is 0.277 e. The van der Waals surface area contributed by atoms with Crippen LogP contribution in [0.15, 0.2) is 77.9 Å². The van der Waals surface area contributed by atoms with Crippen molar-refractivity contribution in [2.45, 2.75) is 26.7 Å². The summed E-state index contributed by atoms with van der Waals surface area (Å²) in [5, 5.41) is 5.26. The number of H-pyrrole nitrogens is 1. The van der Waals surface area contributed by atoms with Gasteiger partial charge in [0.25, 0.3) is 5.91 Å². The Labute approximate surface area is 188 Å². The predicted octanol–water partition coefficient (Wildman–Crippen LogP) is 5.80. The lowest BCUT2D eigenvalue weighted by Crippen LogP contribution is -2.25. The zero-order chi connectivity index (χ0) is 22.5. The Kier molecular flexibility index (Phi) is 6.36. The van der Waals surface area contributed by atoms with E-state index in [1.54, 1.807) is 6.21 Å². The quantitative estimate of drug-likeness (QED) is 0.290. The standard InChI is InChI=1S/C27H27N3O2/c1-18(2)21-14-13-19(3)15-25(21)32-17-26(31)30-28-16-23-22-11-7-8-12-24(22)29-27(23)20-9-5-4-6-10-20/h4-16,18,29H,17H2,1-3H3,(H,30,31)/b28-16+. The molecule has 0 radical (unpaired) electrons. The fourth-order valence-electron chi connectivity index (χ4n) is 3.72. The molecule has 2 N–H and O–H groups in total. The molecule has 0 spiro atoms. The fraction of sp³-hybridized carbons (Fsp3) is 0.185. The van der Waals surface area contributed by atoms with Crippen molar-refractivity contribution in [3.63, 3.8) is 0 Å². The Hall–Kier alpha value is -3.86. The Morgan fingerprint density at radius 1 is 1.06 bits per heavy atom. The van der Waals surface area contributed by atoms with Gasteiger partial charge < -0.3 is 9.72 Å². The highest BCUT2D eigenvalue weighted by molar-refractivity contribution is 6.06. The number of carbonyl (C=O) groups excluding carboxylic acids is 1. The molecule has 0 aliphatic heterocycles. The second kappa shape index (κ2) is 9.52. The first-order valence-corrected chi connectivity index (χ1v) is 10.7. The van der Waals surface area contributed by atoms with Gasteiger partial charge in [-0.25, -0.2) is 5.43 Å². The van der Waals surface area contributed by atoms with Crippen LogP contribution in [0.5, 0.6) is 5.75 Å². The number of rotatable bonds is 7. The number of para-hydroxylation sites is 1. The van der Waals surface area contributed by atoms with Crippen molar-refractivity contribution in [1.82, 2.24) is 10.4 Å². The topological polar surface area (TPSA) is 66.5 Å². The van der Waals surface area contributed by atoms with Gasteiger partial charge in [-0.2, -0.15) is 5.10 Å². The van der Waals surface area contributed by atoms with Crippen LogP contribution in [0, 0.1) is 6.92 Å². The van der Waals surface area contributed by atoms with Crippen molar-refractivity contribution in [2.24, 2.45) is 5.10 Å². The van der Waals surface area contributed by atoms with E-state index in [2.05, 4.69) is 35.4 Å². The van der Waals surface area contributed by atoms with E-state index < -0.39 is 0 Å². The van der Waals surface area contributed by atoms with Crippen LogP contribution in [0.3, 0.4) is 0 Å². The Morgan fingerprint density at radius 3 is 2.59 bits per heavy atom. The molecule has 0 atom stereocenters. The van der Waals surface area contributed by atoms with Crippen molar-refractivity contribution < 1.29 is 9.53 Å². The number of amides is 1. The van der Waals surface area contributed by atoms with Crippen LogP contribution in [-0.4, -0.2) is 23.7 Å². The van der Waals surface area contributed by atoms with Crippen LogP contribution in [0.1, 0.15) is 36.5 Å². The lowest BCUT2D eigenvalue weighted by molar-refractivity contribution is -0.123. The SMILES string of the molecule is Cc1ccc(C(C)C)c(OCC(=O)N/N=C/c2c(-c3ccccc3)[nH]c3ccccc23)c1. The number of aryl methyl sites for hydroxylation is 1. The third kappa shape index (κ3) is 4.72. The number of ether oxygens (including phenoxy) is 1. The second-order valence-corrected chi connectivity index (χ2v) is 8.10. The van der Waals surface area contributed by atoms with E-state index >= 15 is 0 Å². The summed E-state index contributed by atoms with van der Waals surface area (Å²) in [6, 6.07) is 24.2. The highest BCUT2D eigenvalue weighted by Gasteiger charge is 2.12. The summed E-state index contributed by atoms with van der Waals surface area (Å²) < 4.78 is 5.80. The molecule has 0 saturated heterocycles. The van der Waals surface area contributed by atoms with Crippen molar-refractivity contribution in [1.29, 1.82) is 0 Å². The second-order valence-electron chi connectivity index (χ2n) is 8.10. The monoisotopic (exact) mass is 425 g/mol. The van der Waals surface area contributed by atoms with Crippen molar-refractivity contribution in [2.75, 3.05) is 6.61 Å². The highest BCUT2D eigenvalue weighted by atomic mass is 16.5. The minimum absolute atomic E-state index is 0.0973. The molecule has 5 heteroatoms. The molecular formula is C27H27N3O2. The number of aromatic amines is 1. The first kappa shape index (κ1) is 21.4.